The van der Waals surface area contributed by atoms with Crippen LogP contribution in [0, 0.1) is 0 Å². The van der Waals surface area contributed by atoms with E-state index in [4.69, 9.17) is 4.74 Å². The lowest BCUT2D eigenvalue weighted by atomic mass is 10.0. The Labute approximate surface area is 164 Å². The SMILES string of the molecule is CSc1ccc(CN(C)C(=O)COC(=O)Cc2ccc3c(c2)CCC3)cc1. The Morgan fingerprint density at radius 3 is 2.48 bits per heavy atom. The normalized spacial score (nSPS) is 12.5. The summed E-state index contributed by atoms with van der Waals surface area (Å²) in [6.07, 6.45) is 5.63. The molecule has 0 aromatic heterocycles. The lowest BCUT2D eigenvalue weighted by Gasteiger charge is -2.17. The second-order valence-corrected chi connectivity index (χ2v) is 7.77. The van der Waals surface area contributed by atoms with Crippen LogP contribution in [0.4, 0.5) is 0 Å². The zero-order valence-electron chi connectivity index (χ0n) is 15.9. The monoisotopic (exact) mass is 383 g/mol. The number of rotatable bonds is 7. The fourth-order valence-electron chi connectivity index (χ4n) is 3.30. The van der Waals surface area contributed by atoms with Gasteiger partial charge in [-0.2, -0.15) is 0 Å². The molecule has 0 N–H and O–H groups in total. The summed E-state index contributed by atoms with van der Waals surface area (Å²) >= 11 is 1.68. The molecule has 4 nitrogen and oxygen atoms in total. The molecule has 0 spiro atoms. The molecule has 1 amide bonds. The largest absolute Gasteiger partial charge is 0.455 e. The Hall–Kier alpha value is -2.27. The molecule has 2 aromatic carbocycles. The molecule has 142 valence electrons. The van der Waals surface area contributed by atoms with Crippen molar-refractivity contribution in [2.45, 2.75) is 37.1 Å². The molecule has 0 saturated carbocycles. The molecule has 27 heavy (non-hydrogen) atoms. The third kappa shape index (κ3) is 5.36. The van der Waals surface area contributed by atoms with Crippen molar-refractivity contribution in [3.05, 3.63) is 64.7 Å². The molecule has 0 unspecified atom stereocenters. The van der Waals surface area contributed by atoms with E-state index in [0.29, 0.717) is 6.54 Å². The zero-order chi connectivity index (χ0) is 19.2. The summed E-state index contributed by atoms with van der Waals surface area (Å²) in [6, 6.07) is 14.3. The smallest absolute Gasteiger partial charge is 0.310 e. The number of hydrogen-bond acceptors (Lipinski definition) is 4. The maximum Gasteiger partial charge on any atom is 0.310 e. The van der Waals surface area contributed by atoms with Crippen LogP contribution < -0.4 is 0 Å². The van der Waals surface area contributed by atoms with Gasteiger partial charge in [0.25, 0.3) is 5.91 Å². The summed E-state index contributed by atoms with van der Waals surface area (Å²) in [6.45, 7) is 0.277. The second kappa shape index (κ2) is 9.09. The third-order valence-corrected chi connectivity index (χ3v) is 5.62. The van der Waals surface area contributed by atoms with E-state index < -0.39 is 0 Å². The van der Waals surface area contributed by atoms with Crippen LogP contribution in [0.1, 0.15) is 28.7 Å². The zero-order valence-corrected chi connectivity index (χ0v) is 16.7. The van der Waals surface area contributed by atoms with E-state index >= 15 is 0 Å². The van der Waals surface area contributed by atoms with Gasteiger partial charge in [0.2, 0.25) is 0 Å². The van der Waals surface area contributed by atoms with Crippen LogP contribution in [-0.4, -0.2) is 36.7 Å². The van der Waals surface area contributed by atoms with Gasteiger partial charge in [0, 0.05) is 18.5 Å². The minimum atomic E-state index is -0.362. The van der Waals surface area contributed by atoms with Crippen LogP contribution in [0.3, 0.4) is 0 Å². The number of esters is 1. The summed E-state index contributed by atoms with van der Waals surface area (Å²) in [5.41, 5.74) is 4.72. The standard InChI is InChI=1S/C22H25NO3S/c1-23(14-16-7-10-20(27-2)11-8-16)21(24)15-26-22(25)13-17-6-9-18-4-3-5-19(18)12-17/h6-12H,3-5,13-15H2,1-2H3. The molecule has 2 aromatic rings. The molecular weight excluding hydrogens is 358 g/mol. The number of likely N-dealkylation sites (N-methyl/N-ethyl adjacent to an activating group) is 1. The Morgan fingerprint density at radius 2 is 1.74 bits per heavy atom. The highest BCUT2D eigenvalue weighted by Crippen LogP contribution is 2.23. The van der Waals surface area contributed by atoms with Gasteiger partial charge in [0.1, 0.15) is 0 Å². The molecule has 0 aliphatic heterocycles. The first-order valence-electron chi connectivity index (χ1n) is 9.18. The first kappa shape index (κ1) is 19.5. The highest BCUT2D eigenvalue weighted by Gasteiger charge is 2.15. The van der Waals surface area contributed by atoms with Gasteiger partial charge >= 0.3 is 5.97 Å². The van der Waals surface area contributed by atoms with Crippen LogP contribution in [0.5, 0.6) is 0 Å². The lowest BCUT2D eigenvalue weighted by Crippen LogP contribution is -2.31. The molecule has 1 aliphatic rings. The van der Waals surface area contributed by atoms with Crippen molar-refractivity contribution in [3.8, 4) is 0 Å². The van der Waals surface area contributed by atoms with Gasteiger partial charge in [-0.15, -0.1) is 11.8 Å². The van der Waals surface area contributed by atoms with Crippen molar-refractivity contribution >= 4 is 23.6 Å². The van der Waals surface area contributed by atoms with E-state index in [2.05, 4.69) is 12.1 Å². The number of benzene rings is 2. The second-order valence-electron chi connectivity index (χ2n) is 6.89. The topological polar surface area (TPSA) is 46.6 Å². The van der Waals surface area contributed by atoms with Crippen molar-refractivity contribution in [1.29, 1.82) is 0 Å². The van der Waals surface area contributed by atoms with Crippen molar-refractivity contribution in [3.63, 3.8) is 0 Å². The number of ether oxygens (including phenoxy) is 1. The Balaban J connectivity index is 1.45. The summed E-state index contributed by atoms with van der Waals surface area (Å²) < 4.78 is 5.19. The Kier molecular flexibility index (Phi) is 6.56. The van der Waals surface area contributed by atoms with Crippen LogP contribution in [-0.2, 0) is 40.1 Å². The summed E-state index contributed by atoms with van der Waals surface area (Å²) in [7, 11) is 1.72. The highest BCUT2D eigenvalue weighted by molar-refractivity contribution is 7.98. The van der Waals surface area contributed by atoms with Crippen molar-refractivity contribution < 1.29 is 14.3 Å². The van der Waals surface area contributed by atoms with Crippen LogP contribution >= 0.6 is 11.8 Å². The molecule has 0 radical (unpaired) electrons. The number of thioether (sulfide) groups is 1. The van der Waals surface area contributed by atoms with Crippen molar-refractivity contribution in [1.82, 2.24) is 4.90 Å². The molecule has 0 bridgehead atoms. The number of nitrogens with zero attached hydrogens (tertiary/aromatic N) is 1. The van der Waals surface area contributed by atoms with E-state index in [1.807, 2.05) is 36.6 Å². The number of fused-ring (bicyclic) bond motifs is 1. The minimum Gasteiger partial charge on any atom is -0.455 e. The van der Waals surface area contributed by atoms with Gasteiger partial charge in [0.15, 0.2) is 6.61 Å². The predicted molar refractivity (Wildman–Crippen MR) is 108 cm³/mol. The maximum absolute atomic E-state index is 12.2. The van der Waals surface area contributed by atoms with Crippen LogP contribution in [0.2, 0.25) is 0 Å². The van der Waals surface area contributed by atoms with Crippen molar-refractivity contribution in [2.24, 2.45) is 0 Å². The maximum atomic E-state index is 12.2. The quantitative estimate of drug-likeness (QED) is 0.541. The molecule has 0 fully saturated rings. The number of carbonyl (C=O) groups excluding carboxylic acids is 2. The Morgan fingerprint density at radius 1 is 1.04 bits per heavy atom. The van der Waals surface area contributed by atoms with Crippen LogP contribution in [0.25, 0.3) is 0 Å². The van der Waals surface area contributed by atoms with E-state index in [0.717, 1.165) is 24.0 Å². The summed E-state index contributed by atoms with van der Waals surface area (Å²) in [5, 5.41) is 0. The molecule has 0 heterocycles. The highest BCUT2D eigenvalue weighted by atomic mass is 32.2. The van der Waals surface area contributed by atoms with E-state index in [9.17, 15) is 9.59 Å². The van der Waals surface area contributed by atoms with Gasteiger partial charge in [-0.1, -0.05) is 30.3 Å². The fraction of sp³-hybridized carbons (Fsp3) is 0.364. The van der Waals surface area contributed by atoms with Gasteiger partial charge in [-0.05, 0) is 59.9 Å². The fourth-order valence-corrected chi connectivity index (χ4v) is 3.71. The molecule has 5 heteroatoms. The number of carbonyl (C=O) groups is 2. The van der Waals surface area contributed by atoms with Gasteiger partial charge in [-0.3, -0.25) is 9.59 Å². The average Bonchev–Trinajstić information content (AvgIpc) is 3.14. The van der Waals surface area contributed by atoms with Gasteiger partial charge in [-0.25, -0.2) is 0 Å². The third-order valence-electron chi connectivity index (χ3n) is 4.87. The first-order valence-corrected chi connectivity index (χ1v) is 10.4. The first-order chi connectivity index (χ1) is 13.0. The van der Waals surface area contributed by atoms with Gasteiger partial charge in [0.05, 0.1) is 6.42 Å². The molecule has 3 rings (SSSR count). The predicted octanol–water partition coefficient (Wildman–Crippen LogP) is 3.64. The molecule has 0 saturated heterocycles. The van der Waals surface area contributed by atoms with E-state index in [1.165, 1.54) is 22.4 Å². The number of amides is 1. The lowest BCUT2D eigenvalue weighted by molar-refractivity contribution is -0.151. The molecule has 0 atom stereocenters. The molecular formula is C22H25NO3S. The number of aryl methyl sites for hydroxylation is 2. The van der Waals surface area contributed by atoms with Crippen molar-refractivity contribution in [2.75, 3.05) is 19.9 Å². The van der Waals surface area contributed by atoms with Gasteiger partial charge < -0.3 is 9.64 Å². The van der Waals surface area contributed by atoms with E-state index in [1.54, 1.807) is 23.7 Å². The average molecular weight is 384 g/mol. The molecule has 1 aliphatic carbocycles. The summed E-state index contributed by atoms with van der Waals surface area (Å²) in [5.74, 6) is -0.565. The van der Waals surface area contributed by atoms with E-state index in [-0.39, 0.29) is 24.9 Å². The number of hydrogen-bond donors (Lipinski definition) is 0. The summed E-state index contributed by atoms with van der Waals surface area (Å²) in [4.78, 5) is 27.1. The Bertz CT molecular complexity index is 817. The van der Waals surface area contributed by atoms with Crippen LogP contribution in [0.15, 0.2) is 47.4 Å². The minimum absolute atomic E-state index is 0.203.